The second-order valence-corrected chi connectivity index (χ2v) is 8.66. The zero-order valence-electron chi connectivity index (χ0n) is 17.2. The maximum Gasteiger partial charge on any atom is 0.228 e. The standard InChI is InChI=1S/C23H26N4O2S/c1-16-6-8-18(9-7-16)27-21(28)15-19(22(27)20-5-3-14-30-20)23(29)25-10-4-12-26-13-11-24-17(26)2/h3,5-9,11,13-14,19,22H,4,10,12,15H2,1-2H3,(H,25,29)/t19-,22-/m1/s1. The average molecular weight is 423 g/mol. The fourth-order valence-electron chi connectivity index (χ4n) is 4.00. The van der Waals surface area contributed by atoms with Gasteiger partial charge in [-0.3, -0.25) is 9.59 Å². The number of amides is 2. The minimum absolute atomic E-state index is 0.00792. The molecular weight excluding hydrogens is 396 g/mol. The number of benzene rings is 1. The van der Waals surface area contributed by atoms with E-state index in [0.717, 1.165) is 34.9 Å². The third-order valence-electron chi connectivity index (χ3n) is 5.60. The summed E-state index contributed by atoms with van der Waals surface area (Å²) in [6.07, 6.45) is 4.76. The van der Waals surface area contributed by atoms with Crippen molar-refractivity contribution in [2.75, 3.05) is 11.4 Å². The largest absolute Gasteiger partial charge is 0.356 e. The highest BCUT2D eigenvalue weighted by Crippen LogP contribution is 2.43. The van der Waals surface area contributed by atoms with E-state index in [1.807, 2.05) is 61.8 Å². The molecule has 1 aliphatic heterocycles. The first-order valence-electron chi connectivity index (χ1n) is 10.2. The van der Waals surface area contributed by atoms with Crippen molar-refractivity contribution in [3.63, 3.8) is 0 Å². The van der Waals surface area contributed by atoms with E-state index in [-0.39, 0.29) is 24.3 Å². The summed E-state index contributed by atoms with van der Waals surface area (Å²) >= 11 is 1.59. The van der Waals surface area contributed by atoms with Gasteiger partial charge in [0.25, 0.3) is 0 Å². The molecule has 3 aromatic rings. The maximum atomic E-state index is 13.1. The minimum Gasteiger partial charge on any atom is -0.356 e. The van der Waals surface area contributed by atoms with Crippen LogP contribution in [0.25, 0.3) is 0 Å². The highest BCUT2D eigenvalue weighted by molar-refractivity contribution is 7.10. The number of imidazole rings is 1. The number of aromatic nitrogens is 2. The van der Waals surface area contributed by atoms with Crippen LogP contribution in [0.5, 0.6) is 0 Å². The lowest BCUT2D eigenvalue weighted by molar-refractivity contribution is -0.126. The van der Waals surface area contributed by atoms with Crippen molar-refractivity contribution in [2.24, 2.45) is 5.92 Å². The van der Waals surface area contributed by atoms with E-state index in [1.54, 1.807) is 22.4 Å². The van der Waals surface area contributed by atoms with Crippen molar-refractivity contribution >= 4 is 28.8 Å². The molecule has 1 aromatic carbocycles. The van der Waals surface area contributed by atoms with Crippen LogP contribution in [-0.4, -0.2) is 27.9 Å². The summed E-state index contributed by atoms with van der Waals surface area (Å²) in [7, 11) is 0. The summed E-state index contributed by atoms with van der Waals surface area (Å²) in [4.78, 5) is 33.0. The Labute approximate surface area is 180 Å². The molecule has 6 nitrogen and oxygen atoms in total. The van der Waals surface area contributed by atoms with Gasteiger partial charge >= 0.3 is 0 Å². The Morgan fingerprint density at radius 1 is 1.23 bits per heavy atom. The Bertz CT molecular complexity index is 1010. The number of hydrogen-bond donors (Lipinski definition) is 1. The molecule has 7 heteroatoms. The molecule has 0 bridgehead atoms. The van der Waals surface area contributed by atoms with Crippen molar-refractivity contribution in [1.29, 1.82) is 0 Å². The van der Waals surface area contributed by atoms with E-state index in [1.165, 1.54) is 0 Å². The summed E-state index contributed by atoms with van der Waals surface area (Å²) < 4.78 is 2.07. The van der Waals surface area contributed by atoms with Crippen LogP contribution in [0, 0.1) is 19.8 Å². The van der Waals surface area contributed by atoms with Crippen LogP contribution in [0.3, 0.4) is 0 Å². The van der Waals surface area contributed by atoms with Gasteiger partial charge in [0.1, 0.15) is 5.82 Å². The van der Waals surface area contributed by atoms with E-state index in [4.69, 9.17) is 0 Å². The number of carbonyl (C=O) groups is 2. The Hall–Kier alpha value is -2.93. The highest BCUT2D eigenvalue weighted by atomic mass is 32.1. The molecule has 0 aliphatic carbocycles. The molecule has 156 valence electrons. The van der Waals surface area contributed by atoms with Gasteiger partial charge in [0, 0.05) is 42.5 Å². The number of thiophene rings is 1. The zero-order chi connectivity index (χ0) is 21.1. The summed E-state index contributed by atoms with van der Waals surface area (Å²) in [5, 5.41) is 5.05. The summed E-state index contributed by atoms with van der Waals surface area (Å²) in [6, 6.07) is 11.6. The molecule has 1 fully saturated rings. The van der Waals surface area contributed by atoms with E-state index in [9.17, 15) is 9.59 Å². The van der Waals surface area contributed by atoms with Crippen LogP contribution in [0.2, 0.25) is 0 Å². The van der Waals surface area contributed by atoms with Crippen molar-refractivity contribution < 1.29 is 9.59 Å². The van der Waals surface area contributed by atoms with Gasteiger partial charge in [0.05, 0.1) is 12.0 Å². The Balaban J connectivity index is 1.47. The smallest absolute Gasteiger partial charge is 0.228 e. The van der Waals surface area contributed by atoms with Crippen molar-refractivity contribution in [3.8, 4) is 0 Å². The van der Waals surface area contributed by atoms with E-state index in [2.05, 4.69) is 14.9 Å². The fraction of sp³-hybridized carbons (Fsp3) is 0.348. The summed E-state index contributed by atoms with van der Waals surface area (Å²) in [5.41, 5.74) is 1.98. The monoisotopic (exact) mass is 422 g/mol. The van der Waals surface area contributed by atoms with Crippen LogP contribution in [0.4, 0.5) is 5.69 Å². The van der Waals surface area contributed by atoms with Gasteiger partial charge in [-0.05, 0) is 43.8 Å². The van der Waals surface area contributed by atoms with Gasteiger partial charge in [0.2, 0.25) is 11.8 Å². The molecule has 2 amide bonds. The molecule has 2 aromatic heterocycles. The molecule has 30 heavy (non-hydrogen) atoms. The molecule has 1 saturated heterocycles. The Kier molecular flexibility index (Phi) is 5.99. The average Bonchev–Trinajstić information content (AvgIpc) is 3.46. The molecular formula is C23H26N4O2S. The molecule has 0 saturated carbocycles. The van der Waals surface area contributed by atoms with Crippen molar-refractivity contribution in [1.82, 2.24) is 14.9 Å². The number of anilines is 1. The normalized spacial score (nSPS) is 18.7. The SMILES string of the molecule is Cc1ccc(N2C(=O)C[C@@H](C(=O)NCCCn3ccnc3C)[C@@H]2c2cccs2)cc1. The van der Waals surface area contributed by atoms with Crippen LogP contribution < -0.4 is 10.2 Å². The summed E-state index contributed by atoms with van der Waals surface area (Å²) in [6.45, 7) is 5.37. The topological polar surface area (TPSA) is 67.2 Å². The molecule has 1 N–H and O–H groups in total. The van der Waals surface area contributed by atoms with Gasteiger partial charge in [-0.1, -0.05) is 23.8 Å². The lowest BCUT2D eigenvalue weighted by atomic mass is 9.97. The number of rotatable bonds is 7. The lowest BCUT2D eigenvalue weighted by Crippen LogP contribution is -2.36. The summed E-state index contributed by atoms with van der Waals surface area (Å²) in [5.74, 6) is 0.506. The number of carbonyl (C=O) groups excluding carboxylic acids is 2. The van der Waals surface area contributed by atoms with E-state index < -0.39 is 5.92 Å². The molecule has 0 radical (unpaired) electrons. The van der Waals surface area contributed by atoms with E-state index >= 15 is 0 Å². The van der Waals surface area contributed by atoms with Crippen molar-refractivity contribution in [2.45, 2.75) is 39.3 Å². The first-order valence-corrected chi connectivity index (χ1v) is 11.1. The second kappa shape index (κ2) is 8.83. The van der Waals surface area contributed by atoms with Crippen LogP contribution in [-0.2, 0) is 16.1 Å². The number of nitrogens with one attached hydrogen (secondary N) is 1. The van der Waals surface area contributed by atoms with Crippen LogP contribution >= 0.6 is 11.3 Å². The van der Waals surface area contributed by atoms with Crippen LogP contribution in [0.1, 0.15) is 35.1 Å². The zero-order valence-corrected chi connectivity index (χ0v) is 18.1. The Morgan fingerprint density at radius 3 is 2.70 bits per heavy atom. The highest BCUT2D eigenvalue weighted by Gasteiger charge is 2.45. The number of aryl methyl sites for hydroxylation is 3. The maximum absolute atomic E-state index is 13.1. The third kappa shape index (κ3) is 4.16. The molecule has 0 unspecified atom stereocenters. The number of nitrogens with zero attached hydrogens (tertiary/aromatic N) is 3. The fourth-order valence-corrected chi connectivity index (χ4v) is 4.88. The van der Waals surface area contributed by atoms with Gasteiger partial charge in [0.15, 0.2) is 0 Å². The van der Waals surface area contributed by atoms with Gasteiger partial charge < -0.3 is 14.8 Å². The molecule has 3 heterocycles. The number of hydrogen-bond acceptors (Lipinski definition) is 4. The predicted octanol–water partition coefficient (Wildman–Crippen LogP) is 3.86. The molecule has 1 aliphatic rings. The first kappa shape index (κ1) is 20.3. The minimum atomic E-state index is -0.396. The van der Waals surface area contributed by atoms with Crippen LogP contribution in [0.15, 0.2) is 54.2 Å². The Morgan fingerprint density at radius 2 is 2.03 bits per heavy atom. The first-order chi connectivity index (χ1) is 14.5. The van der Waals surface area contributed by atoms with Gasteiger partial charge in [-0.25, -0.2) is 4.98 Å². The predicted molar refractivity (Wildman–Crippen MR) is 118 cm³/mol. The third-order valence-corrected chi connectivity index (χ3v) is 6.55. The molecule has 2 atom stereocenters. The van der Waals surface area contributed by atoms with E-state index in [0.29, 0.717) is 6.54 Å². The van der Waals surface area contributed by atoms with Gasteiger partial charge in [-0.2, -0.15) is 0 Å². The molecule has 4 rings (SSSR count). The lowest BCUT2D eigenvalue weighted by Gasteiger charge is -2.27. The van der Waals surface area contributed by atoms with Gasteiger partial charge in [-0.15, -0.1) is 11.3 Å². The van der Waals surface area contributed by atoms with Crippen molar-refractivity contribution in [3.05, 3.63) is 70.4 Å². The quantitative estimate of drug-likeness (QED) is 0.588. The molecule has 0 spiro atoms. The second-order valence-electron chi connectivity index (χ2n) is 7.68.